The predicted molar refractivity (Wildman–Crippen MR) is 94.6 cm³/mol. The largest absolute Gasteiger partial charge is 0.339 e. The Labute approximate surface area is 144 Å². The molecule has 0 saturated carbocycles. The van der Waals surface area contributed by atoms with Crippen LogP contribution < -0.4 is 4.72 Å². The second-order valence-corrected chi connectivity index (χ2v) is 7.83. The highest BCUT2D eigenvalue weighted by Gasteiger charge is 2.21. The van der Waals surface area contributed by atoms with Gasteiger partial charge in [0.25, 0.3) is 5.91 Å². The van der Waals surface area contributed by atoms with Crippen LogP contribution in [0.25, 0.3) is 0 Å². The van der Waals surface area contributed by atoms with E-state index in [-0.39, 0.29) is 10.8 Å². The highest BCUT2D eigenvalue weighted by molar-refractivity contribution is 7.89. The van der Waals surface area contributed by atoms with Crippen molar-refractivity contribution in [1.82, 2.24) is 14.5 Å². The maximum Gasteiger partial charge on any atom is 0.253 e. The smallest absolute Gasteiger partial charge is 0.253 e. The Hall–Kier alpha value is -1.44. The van der Waals surface area contributed by atoms with Gasteiger partial charge in [-0.25, -0.2) is 13.1 Å². The first-order chi connectivity index (χ1) is 11.5. The van der Waals surface area contributed by atoms with Crippen molar-refractivity contribution in [2.24, 2.45) is 0 Å². The highest BCUT2D eigenvalue weighted by Crippen LogP contribution is 2.14. The van der Waals surface area contributed by atoms with Gasteiger partial charge in [0.2, 0.25) is 10.0 Å². The molecule has 1 fully saturated rings. The minimum atomic E-state index is -3.58. The SMILES string of the molecule is CCCN(CCC)C(=O)c1cccc(S(=O)(=O)NCCN2CC2)c1. The summed E-state index contributed by atoms with van der Waals surface area (Å²) in [7, 11) is -3.58. The van der Waals surface area contributed by atoms with Crippen molar-refractivity contribution in [3.63, 3.8) is 0 Å². The number of carbonyl (C=O) groups excluding carboxylic acids is 1. The van der Waals surface area contributed by atoms with Gasteiger partial charge in [0.15, 0.2) is 0 Å². The summed E-state index contributed by atoms with van der Waals surface area (Å²) in [6.07, 6.45) is 1.75. The number of hydrogen-bond donors (Lipinski definition) is 1. The van der Waals surface area contributed by atoms with E-state index >= 15 is 0 Å². The highest BCUT2D eigenvalue weighted by atomic mass is 32.2. The standard InChI is InChI=1S/C17H27N3O3S/c1-3-9-20(10-4-2)17(21)15-6-5-7-16(14-15)24(22,23)18-8-11-19-12-13-19/h5-7,14,18H,3-4,8-13H2,1-2H3. The number of amides is 1. The summed E-state index contributed by atoms with van der Waals surface area (Å²) < 4.78 is 27.3. The molecule has 0 atom stereocenters. The van der Waals surface area contributed by atoms with Crippen LogP contribution in [-0.4, -0.2) is 63.4 Å². The lowest BCUT2D eigenvalue weighted by molar-refractivity contribution is 0.0755. The lowest BCUT2D eigenvalue weighted by atomic mass is 10.2. The summed E-state index contributed by atoms with van der Waals surface area (Å²) in [5, 5.41) is 0. The molecule has 0 radical (unpaired) electrons. The number of nitrogens with one attached hydrogen (secondary N) is 1. The van der Waals surface area contributed by atoms with Crippen molar-refractivity contribution >= 4 is 15.9 Å². The van der Waals surface area contributed by atoms with Crippen LogP contribution in [0.2, 0.25) is 0 Å². The third-order valence-electron chi connectivity index (χ3n) is 3.93. The molecule has 0 spiro atoms. The van der Waals surface area contributed by atoms with E-state index in [0.29, 0.717) is 25.2 Å². The summed E-state index contributed by atoms with van der Waals surface area (Å²) in [4.78, 5) is 16.7. The van der Waals surface area contributed by atoms with Crippen LogP contribution in [0.5, 0.6) is 0 Å². The second-order valence-electron chi connectivity index (χ2n) is 6.06. The van der Waals surface area contributed by atoms with Crippen molar-refractivity contribution < 1.29 is 13.2 Å². The van der Waals surface area contributed by atoms with Crippen LogP contribution in [0.3, 0.4) is 0 Å². The molecule has 1 saturated heterocycles. The van der Waals surface area contributed by atoms with Crippen LogP contribution in [0.4, 0.5) is 0 Å². The Morgan fingerprint density at radius 1 is 1.21 bits per heavy atom. The van der Waals surface area contributed by atoms with Gasteiger partial charge < -0.3 is 4.90 Å². The average molecular weight is 353 g/mol. The molecule has 7 heteroatoms. The molecule has 1 amide bonds. The second kappa shape index (κ2) is 8.60. The maximum absolute atomic E-state index is 12.6. The van der Waals surface area contributed by atoms with Crippen molar-refractivity contribution in [3.8, 4) is 0 Å². The van der Waals surface area contributed by atoms with Gasteiger partial charge in [-0.3, -0.25) is 9.69 Å². The topological polar surface area (TPSA) is 69.5 Å². The lowest BCUT2D eigenvalue weighted by Gasteiger charge is -2.21. The minimum absolute atomic E-state index is 0.111. The number of carbonyl (C=O) groups is 1. The molecular weight excluding hydrogens is 326 g/mol. The normalized spacial score (nSPS) is 14.6. The predicted octanol–water partition coefficient (Wildman–Crippen LogP) is 1.54. The van der Waals surface area contributed by atoms with Gasteiger partial charge in [-0.15, -0.1) is 0 Å². The summed E-state index contributed by atoms with van der Waals surface area (Å²) in [6, 6.07) is 6.30. The molecule has 0 aliphatic carbocycles. The van der Waals surface area contributed by atoms with E-state index in [0.717, 1.165) is 32.5 Å². The summed E-state index contributed by atoms with van der Waals surface area (Å²) in [5.74, 6) is -0.111. The van der Waals surface area contributed by atoms with E-state index < -0.39 is 10.0 Å². The molecule has 134 valence electrons. The molecule has 1 heterocycles. The van der Waals surface area contributed by atoms with E-state index in [1.165, 1.54) is 12.1 Å². The first-order valence-electron chi connectivity index (χ1n) is 8.59. The fraction of sp³-hybridized carbons (Fsp3) is 0.588. The van der Waals surface area contributed by atoms with Crippen molar-refractivity contribution in [2.75, 3.05) is 39.3 Å². The van der Waals surface area contributed by atoms with Gasteiger partial charge in [-0.2, -0.15) is 0 Å². The Morgan fingerprint density at radius 2 is 1.88 bits per heavy atom. The third kappa shape index (κ3) is 5.29. The van der Waals surface area contributed by atoms with Gasteiger partial charge >= 0.3 is 0 Å². The van der Waals surface area contributed by atoms with Crippen LogP contribution in [0.15, 0.2) is 29.2 Å². The zero-order valence-electron chi connectivity index (χ0n) is 14.5. The fourth-order valence-electron chi connectivity index (χ4n) is 2.55. The Balaban J connectivity index is 2.09. The van der Waals surface area contributed by atoms with Crippen molar-refractivity contribution in [2.45, 2.75) is 31.6 Å². The Morgan fingerprint density at radius 3 is 2.46 bits per heavy atom. The van der Waals surface area contributed by atoms with E-state index in [2.05, 4.69) is 9.62 Å². The summed E-state index contributed by atoms with van der Waals surface area (Å²) in [5.41, 5.74) is 0.422. The molecule has 0 aromatic heterocycles. The Bertz CT molecular complexity index is 651. The zero-order valence-corrected chi connectivity index (χ0v) is 15.3. The molecule has 6 nitrogen and oxygen atoms in total. The summed E-state index contributed by atoms with van der Waals surface area (Å²) in [6.45, 7) is 8.59. The molecule has 0 unspecified atom stereocenters. The molecule has 1 aliphatic heterocycles. The number of nitrogens with zero attached hydrogens (tertiary/aromatic N) is 2. The third-order valence-corrected chi connectivity index (χ3v) is 5.38. The van der Waals surface area contributed by atoms with Gasteiger partial charge in [0.1, 0.15) is 0 Å². The quantitative estimate of drug-likeness (QED) is 0.648. The first kappa shape index (κ1) is 18.9. The summed E-state index contributed by atoms with van der Waals surface area (Å²) >= 11 is 0. The number of hydrogen-bond acceptors (Lipinski definition) is 4. The first-order valence-corrected chi connectivity index (χ1v) is 10.1. The minimum Gasteiger partial charge on any atom is -0.339 e. The fourth-order valence-corrected chi connectivity index (χ4v) is 3.62. The molecule has 24 heavy (non-hydrogen) atoms. The number of rotatable bonds is 10. The molecule has 0 bridgehead atoms. The monoisotopic (exact) mass is 353 g/mol. The molecule has 2 rings (SSSR count). The van der Waals surface area contributed by atoms with Gasteiger partial charge in [0, 0.05) is 44.8 Å². The van der Waals surface area contributed by atoms with Crippen LogP contribution >= 0.6 is 0 Å². The van der Waals surface area contributed by atoms with Crippen molar-refractivity contribution in [1.29, 1.82) is 0 Å². The van der Waals surface area contributed by atoms with E-state index in [9.17, 15) is 13.2 Å². The van der Waals surface area contributed by atoms with E-state index in [1.54, 1.807) is 17.0 Å². The average Bonchev–Trinajstić information content (AvgIpc) is 3.38. The molecule has 1 aromatic carbocycles. The van der Waals surface area contributed by atoms with E-state index in [4.69, 9.17) is 0 Å². The van der Waals surface area contributed by atoms with Gasteiger partial charge in [-0.1, -0.05) is 19.9 Å². The lowest BCUT2D eigenvalue weighted by Crippen LogP contribution is -2.33. The zero-order chi connectivity index (χ0) is 17.6. The van der Waals surface area contributed by atoms with Gasteiger partial charge in [-0.05, 0) is 31.0 Å². The van der Waals surface area contributed by atoms with Gasteiger partial charge in [0.05, 0.1) is 4.90 Å². The van der Waals surface area contributed by atoms with Crippen LogP contribution in [0, 0.1) is 0 Å². The van der Waals surface area contributed by atoms with E-state index in [1.807, 2.05) is 13.8 Å². The molecule has 1 aromatic rings. The van der Waals surface area contributed by atoms with Crippen LogP contribution in [0.1, 0.15) is 37.0 Å². The maximum atomic E-state index is 12.6. The molecular formula is C17H27N3O3S. The Kier molecular flexibility index (Phi) is 6.77. The van der Waals surface area contributed by atoms with Crippen LogP contribution in [-0.2, 0) is 10.0 Å². The molecule has 1 N–H and O–H groups in total. The number of sulfonamides is 1. The molecule has 1 aliphatic rings. The van der Waals surface area contributed by atoms with Crippen molar-refractivity contribution in [3.05, 3.63) is 29.8 Å². The number of benzene rings is 1.